The molecule has 0 spiro atoms. The van der Waals surface area contributed by atoms with E-state index < -0.39 is 10.2 Å². The van der Waals surface area contributed by atoms with Crippen molar-refractivity contribution >= 4 is 16.1 Å². The summed E-state index contributed by atoms with van der Waals surface area (Å²) in [4.78, 5) is 16.5. The van der Waals surface area contributed by atoms with Gasteiger partial charge in [-0.3, -0.25) is 9.78 Å². The first kappa shape index (κ1) is 19.3. The molecule has 0 aliphatic carbocycles. The molecule has 26 heavy (non-hydrogen) atoms. The third-order valence-electron chi connectivity index (χ3n) is 5.16. The summed E-state index contributed by atoms with van der Waals surface area (Å²) in [6.45, 7) is 2.39. The lowest BCUT2D eigenvalue weighted by molar-refractivity contribution is -0.126. The van der Waals surface area contributed by atoms with Gasteiger partial charge in [-0.15, -0.1) is 0 Å². The molecule has 1 unspecified atom stereocenters. The number of nitrogens with zero attached hydrogens (tertiary/aromatic N) is 3. The van der Waals surface area contributed by atoms with E-state index in [1.807, 2.05) is 12.1 Å². The fourth-order valence-electron chi connectivity index (χ4n) is 3.64. The Balaban J connectivity index is 1.58. The average Bonchev–Trinajstić information content (AvgIpc) is 2.97. The van der Waals surface area contributed by atoms with Gasteiger partial charge < -0.3 is 5.32 Å². The maximum atomic E-state index is 13.0. The normalized spacial score (nSPS) is 23.3. The van der Waals surface area contributed by atoms with Crippen LogP contribution in [0.4, 0.5) is 0 Å². The van der Waals surface area contributed by atoms with Crippen molar-refractivity contribution in [2.45, 2.75) is 45.1 Å². The van der Waals surface area contributed by atoms with E-state index in [0.29, 0.717) is 26.2 Å². The summed E-state index contributed by atoms with van der Waals surface area (Å²) in [5, 5.41) is 2.92. The van der Waals surface area contributed by atoms with E-state index in [0.717, 1.165) is 44.1 Å². The van der Waals surface area contributed by atoms with Crippen molar-refractivity contribution < 1.29 is 13.2 Å². The van der Waals surface area contributed by atoms with Crippen LogP contribution in [-0.4, -0.2) is 54.1 Å². The number of pyridine rings is 1. The number of nitrogens with one attached hydrogen (secondary N) is 1. The van der Waals surface area contributed by atoms with Crippen LogP contribution in [-0.2, 0) is 21.5 Å². The number of carbonyl (C=O) groups is 1. The maximum Gasteiger partial charge on any atom is 0.281 e. The molecule has 1 amide bonds. The first-order valence-electron chi connectivity index (χ1n) is 9.49. The van der Waals surface area contributed by atoms with Crippen molar-refractivity contribution in [1.82, 2.24) is 18.9 Å². The van der Waals surface area contributed by atoms with Gasteiger partial charge in [0, 0.05) is 45.1 Å². The minimum atomic E-state index is -3.47. The Hall–Kier alpha value is -1.51. The second-order valence-electron chi connectivity index (χ2n) is 7.10. The summed E-state index contributed by atoms with van der Waals surface area (Å²) in [7, 11) is -3.47. The molecule has 0 saturated carbocycles. The summed E-state index contributed by atoms with van der Waals surface area (Å²) in [5.74, 6) is -0.369. The van der Waals surface area contributed by atoms with Crippen molar-refractivity contribution in [2.24, 2.45) is 5.92 Å². The highest BCUT2D eigenvalue weighted by Crippen LogP contribution is 2.23. The number of hydrogen-bond donors (Lipinski definition) is 1. The molecule has 1 aromatic rings. The average molecular weight is 381 g/mol. The van der Waals surface area contributed by atoms with Crippen LogP contribution in [0.25, 0.3) is 0 Å². The minimum absolute atomic E-state index is 0.0791. The molecule has 3 rings (SSSR count). The van der Waals surface area contributed by atoms with Crippen LogP contribution < -0.4 is 5.32 Å². The summed E-state index contributed by atoms with van der Waals surface area (Å²) in [6.07, 6.45) is 8.87. The number of rotatable bonds is 5. The smallest absolute Gasteiger partial charge is 0.281 e. The number of piperidine rings is 1. The fourth-order valence-corrected chi connectivity index (χ4v) is 5.41. The highest BCUT2D eigenvalue weighted by Gasteiger charge is 2.35. The molecule has 0 bridgehead atoms. The van der Waals surface area contributed by atoms with Crippen LogP contribution in [0.3, 0.4) is 0 Å². The van der Waals surface area contributed by atoms with E-state index in [1.54, 1.807) is 16.7 Å². The minimum Gasteiger partial charge on any atom is -0.352 e. The summed E-state index contributed by atoms with van der Waals surface area (Å²) in [5.41, 5.74) is 0.936. The number of aromatic nitrogens is 1. The van der Waals surface area contributed by atoms with Gasteiger partial charge in [0.25, 0.3) is 10.2 Å². The van der Waals surface area contributed by atoms with Gasteiger partial charge in [0.1, 0.15) is 0 Å². The van der Waals surface area contributed by atoms with Gasteiger partial charge in [0.2, 0.25) is 5.91 Å². The zero-order valence-corrected chi connectivity index (χ0v) is 16.0. The van der Waals surface area contributed by atoms with Gasteiger partial charge >= 0.3 is 0 Å². The van der Waals surface area contributed by atoms with Crippen LogP contribution in [0.15, 0.2) is 24.5 Å². The van der Waals surface area contributed by atoms with E-state index in [-0.39, 0.29) is 18.4 Å². The Morgan fingerprint density at radius 3 is 2.54 bits per heavy atom. The molecule has 2 saturated heterocycles. The highest BCUT2D eigenvalue weighted by molar-refractivity contribution is 7.86. The Kier molecular flexibility index (Phi) is 6.61. The fraction of sp³-hybridized carbons (Fsp3) is 0.667. The second-order valence-corrected chi connectivity index (χ2v) is 9.03. The molecule has 3 heterocycles. The Bertz CT molecular complexity index is 688. The molecule has 7 nitrogen and oxygen atoms in total. The number of amides is 1. The molecule has 0 aromatic carbocycles. The van der Waals surface area contributed by atoms with Gasteiger partial charge in [0.15, 0.2) is 0 Å². The van der Waals surface area contributed by atoms with Gasteiger partial charge in [-0.1, -0.05) is 18.9 Å². The third-order valence-corrected chi connectivity index (χ3v) is 7.16. The van der Waals surface area contributed by atoms with Crippen molar-refractivity contribution in [3.8, 4) is 0 Å². The predicted octanol–water partition coefficient (Wildman–Crippen LogP) is 1.53. The van der Waals surface area contributed by atoms with Crippen LogP contribution in [0, 0.1) is 5.92 Å². The SMILES string of the molecule is O=C(NCc1cccnc1)C1CCCN(S(=O)(=O)N2CCCCCC2)C1. The van der Waals surface area contributed by atoms with Crippen LogP contribution in [0.5, 0.6) is 0 Å². The van der Waals surface area contributed by atoms with Crippen LogP contribution >= 0.6 is 0 Å². The topological polar surface area (TPSA) is 82.6 Å². The Labute approximate surface area is 156 Å². The molecular formula is C18H28N4O3S. The van der Waals surface area contributed by atoms with Crippen molar-refractivity contribution in [3.05, 3.63) is 30.1 Å². The lowest BCUT2D eigenvalue weighted by Gasteiger charge is -2.34. The van der Waals surface area contributed by atoms with Gasteiger partial charge in [-0.2, -0.15) is 17.0 Å². The zero-order chi connectivity index (χ0) is 18.4. The van der Waals surface area contributed by atoms with E-state index in [2.05, 4.69) is 10.3 Å². The molecule has 2 aliphatic rings. The van der Waals surface area contributed by atoms with E-state index in [4.69, 9.17) is 0 Å². The highest BCUT2D eigenvalue weighted by atomic mass is 32.2. The maximum absolute atomic E-state index is 13.0. The molecular weight excluding hydrogens is 352 g/mol. The van der Waals surface area contributed by atoms with Gasteiger partial charge in [-0.05, 0) is 37.3 Å². The molecule has 2 aliphatic heterocycles. The largest absolute Gasteiger partial charge is 0.352 e. The lowest BCUT2D eigenvalue weighted by Crippen LogP contribution is -2.50. The molecule has 1 N–H and O–H groups in total. The molecule has 2 fully saturated rings. The third kappa shape index (κ3) is 4.81. The van der Waals surface area contributed by atoms with Gasteiger partial charge in [0.05, 0.1) is 5.92 Å². The molecule has 1 aromatic heterocycles. The monoisotopic (exact) mass is 380 g/mol. The van der Waals surface area contributed by atoms with Crippen LogP contribution in [0.1, 0.15) is 44.1 Å². The first-order valence-corrected chi connectivity index (χ1v) is 10.9. The quantitative estimate of drug-likeness (QED) is 0.840. The van der Waals surface area contributed by atoms with Gasteiger partial charge in [-0.25, -0.2) is 0 Å². The molecule has 8 heteroatoms. The van der Waals surface area contributed by atoms with E-state index >= 15 is 0 Å². The zero-order valence-electron chi connectivity index (χ0n) is 15.1. The Morgan fingerprint density at radius 2 is 1.85 bits per heavy atom. The van der Waals surface area contributed by atoms with E-state index in [1.165, 1.54) is 4.31 Å². The Morgan fingerprint density at radius 1 is 1.12 bits per heavy atom. The van der Waals surface area contributed by atoms with Crippen molar-refractivity contribution in [2.75, 3.05) is 26.2 Å². The van der Waals surface area contributed by atoms with E-state index in [9.17, 15) is 13.2 Å². The predicted molar refractivity (Wildman–Crippen MR) is 99.3 cm³/mol. The van der Waals surface area contributed by atoms with Crippen molar-refractivity contribution in [1.29, 1.82) is 0 Å². The molecule has 144 valence electrons. The lowest BCUT2D eigenvalue weighted by atomic mass is 9.99. The van der Waals surface area contributed by atoms with Crippen molar-refractivity contribution in [3.63, 3.8) is 0 Å². The molecule has 1 atom stereocenters. The second kappa shape index (κ2) is 8.92. The summed E-state index contributed by atoms with van der Waals surface area (Å²) < 4.78 is 29.0. The first-order chi connectivity index (χ1) is 12.6. The summed E-state index contributed by atoms with van der Waals surface area (Å²) in [6, 6.07) is 3.74. The molecule has 0 radical (unpaired) electrons. The van der Waals surface area contributed by atoms with Crippen LogP contribution in [0.2, 0.25) is 0 Å². The summed E-state index contributed by atoms with van der Waals surface area (Å²) >= 11 is 0. The standard InChI is InChI=1S/C18H28N4O3S/c23-18(20-14-16-7-5-9-19-13-16)17-8-6-12-22(15-17)26(24,25)21-10-3-1-2-4-11-21/h5,7,9,13,17H,1-4,6,8,10-12,14-15H2,(H,20,23). The number of carbonyl (C=O) groups excluding carboxylic acids is 1. The number of hydrogen-bond acceptors (Lipinski definition) is 4.